The number of pyridine rings is 1. The van der Waals surface area contributed by atoms with Crippen LogP contribution in [0.4, 0.5) is 4.39 Å². The maximum Gasteiger partial charge on any atom is 0.151 e. The summed E-state index contributed by atoms with van der Waals surface area (Å²) in [7, 11) is 2.09. The van der Waals surface area contributed by atoms with Crippen molar-refractivity contribution in [2.75, 3.05) is 13.6 Å². The average Bonchev–Trinajstić information content (AvgIpc) is 2.41. The molecule has 1 aliphatic rings. The van der Waals surface area contributed by atoms with Gasteiger partial charge < -0.3 is 4.90 Å². The van der Waals surface area contributed by atoms with Crippen LogP contribution < -0.4 is 0 Å². The molecular weight excluding hydrogens is 263 g/mol. The van der Waals surface area contributed by atoms with E-state index in [9.17, 15) is 4.39 Å². The number of likely N-dealkylation sites (N-methyl/N-ethyl adjacent to an activating group) is 1. The van der Waals surface area contributed by atoms with Crippen molar-refractivity contribution in [3.63, 3.8) is 0 Å². The van der Waals surface area contributed by atoms with Crippen molar-refractivity contribution in [1.29, 1.82) is 0 Å². The number of fused-ring (bicyclic) bond motifs is 1. The zero-order valence-corrected chi connectivity index (χ0v) is 11.4. The number of benzene rings is 1. The monoisotopic (exact) mass is 276 g/mol. The van der Waals surface area contributed by atoms with E-state index in [1.807, 2.05) is 12.1 Å². The predicted octanol–water partition coefficient (Wildman–Crippen LogP) is 3.53. The van der Waals surface area contributed by atoms with Crippen LogP contribution in [0.25, 0.3) is 11.3 Å². The molecule has 0 aliphatic carbocycles. The topological polar surface area (TPSA) is 16.1 Å². The zero-order chi connectivity index (χ0) is 13.4. The van der Waals surface area contributed by atoms with Gasteiger partial charge >= 0.3 is 0 Å². The molecule has 0 bridgehead atoms. The lowest BCUT2D eigenvalue weighted by atomic mass is 10.0. The molecule has 0 radical (unpaired) electrons. The van der Waals surface area contributed by atoms with E-state index in [1.165, 1.54) is 5.56 Å². The van der Waals surface area contributed by atoms with Gasteiger partial charge in [0, 0.05) is 30.8 Å². The van der Waals surface area contributed by atoms with Gasteiger partial charge in [-0.05, 0) is 30.8 Å². The van der Waals surface area contributed by atoms with E-state index in [4.69, 9.17) is 11.6 Å². The summed E-state index contributed by atoms with van der Waals surface area (Å²) in [4.78, 5) is 6.85. The molecule has 0 spiro atoms. The van der Waals surface area contributed by atoms with Crippen molar-refractivity contribution in [3.8, 4) is 11.3 Å². The highest BCUT2D eigenvalue weighted by atomic mass is 35.5. The molecule has 0 saturated carbocycles. The lowest BCUT2D eigenvalue weighted by Crippen LogP contribution is -2.27. The van der Waals surface area contributed by atoms with Crippen LogP contribution in [0.5, 0.6) is 0 Å². The van der Waals surface area contributed by atoms with Crippen LogP contribution in [0.1, 0.15) is 11.3 Å². The van der Waals surface area contributed by atoms with Gasteiger partial charge in [0.25, 0.3) is 0 Å². The van der Waals surface area contributed by atoms with Gasteiger partial charge in [0.2, 0.25) is 0 Å². The minimum atomic E-state index is -0.399. The number of nitrogens with zero attached hydrogens (tertiary/aromatic N) is 2. The Balaban J connectivity index is 2.05. The zero-order valence-electron chi connectivity index (χ0n) is 10.7. The van der Waals surface area contributed by atoms with Crippen molar-refractivity contribution in [3.05, 3.63) is 52.4 Å². The van der Waals surface area contributed by atoms with E-state index in [-0.39, 0.29) is 5.02 Å². The van der Waals surface area contributed by atoms with Crippen molar-refractivity contribution < 1.29 is 4.39 Å². The molecule has 4 heteroatoms. The Bertz CT molecular complexity index is 628. The molecule has 3 rings (SSSR count). The van der Waals surface area contributed by atoms with Gasteiger partial charge in [-0.15, -0.1) is 0 Å². The number of aromatic nitrogens is 1. The molecule has 2 nitrogen and oxygen atoms in total. The average molecular weight is 277 g/mol. The van der Waals surface area contributed by atoms with Gasteiger partial charge in [0.1, 0.15) is 0 Å². The first-order chi connectivity index (χ1) is 9.15. The predicted molar refractivity (Wildman–Crippen MR) is 74.7 cm³/mol. The minimum absolute atomic E-state index is 0.136. The highest BCUT2D eigenvalue weighted by Crippen LogP contribution is 2.28. The molecule has 1 aliphatic heterocycles. The minimum Gasteiger partial charge on any atom is -0.302 e. The summed E-state index contributed by atoms with van der Waals surface area (Å²) in [5.74, 6) is -0.399. The van der Waals surface area contributed by atoms with Crippen LogP contribution in [-0.2, 0) is 13.0 Å². The van der Waals surface area contributed by atoms with Gasteiger partial charge in [-0.2, -0.15) is 0 Å². The molecule has 0 atom stereocenters. The van der Waals surface area contributed by atoms with Crippen LogP contribution in [0.3, 0.4) is 0 Å². The van der Waals surface area contributed by atoms with Crippen LogP contribution in [-0.4, -0.2) is 23.5 Å². The highest BCUT2D eigenvalue weighted by molar-refractivity contribution is 6.31. The van der Waals surface area contributed by atoms with E-state index in [0.717, 1.165) is 25.2 Å². The molecule has 98 valence electrons. The second-order valence-electron chi connectivity index (χ2n) is 4.89. The van der Waals surface area contributed by atoms with Crippen LogP contribution in [0.2, 0.25) is 5.02 Å². The first kappa shape index (κ1) is 12.6. The highest BCUT2D eigenvalue weighted by Gasteiger charge is 2.16. The van der Waals surface area contributed by atoms with Crippen LogP contribution in [0.15, 0.2) is 30.3 Å². The van der Waals surface area contributed by atoms with Crippen LogP contribution >= 0.6 is 11.6 Å². The van der Waals surface area contributed by atoms with Gasteiger partial charge in [0.15, 0.2) is 5.82 Å². The summed E-state index contributed by atoms with van der Waals surface area (Å²) in [6.07, 6.45) is 0.905. The fourth-order valence-electron chi connectivity index (χ4n) is 2.41. The third kappa shape index (κ3) is 2.36. The quantitative estimate of drug-likeness (QED) is 0.792. The van der Waals surface area contributed by atoms with Crippen molar-refractivity contribution in [2.24, 2.45) is 0 Å². The second kappa shape index (κ2) is 4.91. The molecule has 2 heterocycles. The Morgan fingerprint density at radius 1 is 1.26 bits per heavy atom. The lowest BCUT2D eigenvalue weighted by molar-refractivity contribution is 0.310. The summed E-state index contributed by atoms with van der Waals surface area (Å²) < 4.78 is 14.0. The molecule has 2 aromatic rings. The molecular formula is C15H14ClFN2. The SMILES string of the molecule is CN1CCc2nc(-c3cccc(Cl)c3F)ccc2C1. The maximum absolute atomic E-state index is 14.0. The Morgan fingerprint density at radius 2 is 2.11 bits per heavy atom. The Morgan fingerprint density at radius 3 is 2.95 bits per heavy atom. The molecule has 0 unspecified atom stereocenters. The second-order valence-corrected chi connectivity index (χ2v) is 5.30. The summed E-state index contributed by atoms with van der Waals surface area (Å²) in [5, 5.41) is 0.136. The number of hydrogen-bond donors (Lipinski definition) is 0. The van der Waals surface area contributed by atoms with E-state index < -0.39 is 5.82 Å². The summed E-state index contributed by atoms with van der Waals surface area (Å²) >= 11 is 5.82. The third-order valence-electron chi connectivity index (χ3n) is 3.47. The van der Waals surface area contributed by atoms with Gasteiger partial charge in [-0.3, -0.25) is 4.98 Å². The van der Waals surface area contributed by atoms with Gasteiger partial charge in [-0.25, -0.2) is 4.39 Å². The van der Waals surface area contributed by atoms with E-state index >= 15 is 0 Å². The molecule has 19 heavy (non-hydrogen) atoms. The molecule has 0 N–H and O–H groups in total. The number of halogens is 2. The fraction of sp³-hybridized carbons (Fsp3) is 0.267. The normalized spacial score (nSPS) is 15.3. The molecule has 1 aromatic carbocycles. The largest absolute Gasteiger partial charge is 0.302 e. The smallest absolute Gasteiger partial charge is 0.151 e. The fourth-order valence-corrected chi connectivity index (χ4v) is 2.58. The van der Waals surface area contributed by atoms with Crippen LogP contribution in [0, 0.1) is 5.82 Å². The Kier molecular flexibility index (Phi) is 3.25. The third-order valence-corrected chi connectivity index (χ3v) is 3.76. The summed E-state index contributed by atoms with van der Waals surface area (Å²) in [6, 6.07) is 8.91. The summed E-state index contributed by atoms with van der Waals surface area (Å²) in [5.41, 5.74) is 3.41. The molecule has 0 amide bonds. The first-order valence-corrected chi connectivity index (χ1v) is 6.64. The number of rotatable bonds is 1. The number of hydrogen-bond acceptors (Lipinski definition) is 2. The van der Waals surface area contributed by atoms with E-state index in [2.05, 4.69) is 16.9 Å². The summed E-state index contributed by atoms with van der Waals surface area (Å²) in [6.45, 7) is 1.89. The van der Waals surface area contributed by atoms with Gasteiger partial charge in [0.05, 0.1) is 10.7 Å². The Hall–Kier alpha value is -1.45. The van der Waals surface area contributed by atoms with E-state index in [1.54, 1.807) is 18.2 Å². The van der Waals surface area contributed by atoms with Crippen molar-refractivity contribution >= 4 is 11.6 Å². The van der Waals surface area contributed by atoms with Crippen molar-refractivity contribution in [2.45, 2.75) is 13.0 Å². The first-order valence-electron chi connectivity index (χ1n) is 6.27. The Labute approximate surface area is 116 Å². The standard InChI is InChI=1S/C15H14ClFN2/c1-19-8-7-13-10(9-19)5-6-14(18-13)11-3-2-4-12(16)15(11)17/h2-6H,7-9H2,1H3. The van der Waals surface area contributed by atoms with Gasteiger partial charge in [-0.1, -0.05) is 23.7 Å². The van der Waals surface area contributed by atoms with Crippen molar-refractivity contribution in [1.82, 2.24) is 9.88 Å². The van der Waals surface area contributed by atoms with E-state index in [0.29, 0.717) is 11.3 Å². The maximum atomic E-state index is 14.0. The molecule has 1 aromatic heterocycles. The molecule has 0 fully saturated rings. The lowest BCUT2D eigenvalue weighted by Gasteiger charge is -2.24. The molecule has 0 saturated heterocycles.